The molecule has 22 heavy (non-hydrogen) atoms. The Labute approximate surface area is 134 Å². The van der Waals surface area contributed by atoms with Crippen LogP contribution in [0, 0.1) is 17.0 Å². The Hall–Kier alpha value is -2.32. The topological polar surface area (TPSA) is 94.9 Å². The molecule has 3 aromatic rings. The van der Waals surface area contributed by atoms with E-state index in [1.54, 1.807) is 23.5 Å². The van der Waals surface area contributed by atoms with Gasteiger partial charge in [0, 0.05) is 23.9 Å². The molecule has 0 fully saturated rings. The lowest BCUT2D eigenvalue weighted by Crippen LogP contribution is -1.90. The van der Waals surface area contributed by atoms with Gasteiger partial charge in [-0.25, -0.2) is 9.97 Å². The molecule has 3 rings (SSSR count). The number of non-ortho nitro benzene ring substituents is 1. The molecule has 0 saturated heterocycles. The summed E-state index contributed by atoms with van der Waals surface area (Å²) in [4.78, 5) is 20.0. The maximum Gasteiger partial charge on any atom is 0.269 e. The van der Waals surface area contributed by atoms with Gasteiger partial charge in [-0.3, -0.25) is 10.1 Å². The first kappa shape index (κ1) is 14.6. The molecule has 2 heterocycles. The molecule has 0 radical (unpaired) electrons. The molecule has 112 valence electrons. The van der Waals surface area contributed by atoms with E-state index in [4.69, 9.17) is 5.73 Å². The number of nitrogens with two attached hydrogens (primary N) is 1. The van der Waals surface area contributed by atoms with E-state index in [2.05, 4.69) is 9.97 Å². The van der Waals surface area contributed by atoms with Crippen LogP contribution in [0.25, 0.3) is 10.6 Å². The van der Waals surface area contributed by atoms with E-state index < -0.39 is 4.92 Å². The van der Waals surface area contributed by atoms with E-state index >= 15 is 0 Å². The number of aryl methyl sites for hydroxylation is 1. The molecule has 0 atom stereocenters. The Bertz CT molecular complexity index is 824. The van der Waals surface area contributed by atoms with Gasteiger partial charge in [0.25, 0.3) is 5.69 Å². The third kappa shape index (κ3) is 2.97. The summed E-state index contributed by atoms with van der Waals surface area (Å²) in [6.07, 6.45) is 0.649. The van der Waals surface area contributed by atoms with Crippen molar-refractivity contribution in [1.29, 1.82) is 0 Å². The summed E-state index contributed by atoms with van der Waals surface area (Å²) in [5, 5.41) is 14.1. The normalized spacial score (nSPS) is 10.8. The van der Waals surface area contributed by atoms with E-state index in [0.717, 1.165) is 26.8 Å². The summed E-state index contributed by atoms with van der Waals surface area (Å²) in [7, 11) is 0. The monoisotopic (exact) mass is 332 g/mol. The molecule has 0 aliphatic rings. The van der Waals surface area contributed by atoms with Crippen LogP contribution in [0.3, 0.4) is 0 Å². The van der Waals surface area contributed by atoms with Crippen LogP contribution >= 0.6 is 22.7 Å². The second-order valence-corrected chi connectivity index (χ2v) is 6.67. The van der Waals surface area contributed by atoms with Crippen LogP contribution < -0.4 is 5.73 Å². The molecule has 0 spiro atoms. The minimum absolute atomic E-state index is 0.0966. The fourth-order valence-corrected chi connectivity index (χ4v) is 3.75. The van der Waals surface area contributed by atoms with Crippen molar-refractivity contribution in [1.82, 2.24) is 9.97 Å². The Morgan fingerprint density at radius 1 is 1.27 bits per heavy atom. The number of hydrogen-bond donors (Lipinski definition) is 1. The molecule has 6 nitrogen and oxygen atoms in total. The van der Waals surface area contributed by atoms with Crippen LogP contribution in [-0.2, 0) is 6.42 Å². The van der Waals surface area contributed by atoms with E-state index in [1.807, 2.05) is 12.3 Å². The van der Waals surface area contributed by atoms with Crippen molar-refractivity contribution in [2.45, 2.75) is 13.3 Å². The fraction of sp³-hybridized carbons (Fsp3) is 0.143. The molecule has 1 aromatic carbocycles. The first-order valence-electron chi connectivity index (χ1n) is 6.44. The maximum atomic E-state index is 10.6. The van der Waals surface area contributed by atoms with Gasteiger partial charge in [-0.15, -0.1) is 11.3 Å². The number of nitrogens with zero attached hydrogens (tertiary/aromatic N) is 3. The van der Waals surface area contributed by atoms with Crippen molar-refractivity contribution >= 4 is 33.5 Å². The van der Waals surface area contributed by atoms with Gasteiger partial charge in [0.1, 0.15) is 0 Å². The summed E-state index contributed by atoms with van der Waals surface area (Å²) in [5.41, 5.74) is 8.57. The standard InChI is InChI=1S/C14H12N4O2S2/c1-8-13(22-14(15)16-8)11-7-21-12(17-11)6-9-2-4-10(5-3-9)18(19)20/h2-5,7H,6H2,1H3,(H2,15,16). The Morgan fingerprint density at radius 3 is 2.59 bits per heavy atom. The van der Waals surface area contributed by atoms with Crippen LogP contribution in [0.2, 0.25) is 0 Å². The molecule has 2 aromatic heterocycles. The van der Waals surface area contributed by atoms with Gasteiger partial charge in [0.15, 0.2) is 5.13 Å². The summed E-state index contributed by atoms with van der Waals surface area (Å²) in [6.45, 7) is 1.91. The highest BCUT2D eigenvalue weighted by molar-refractivity contribution is 7.19. The second-order valence-electron chi connectivity index (χ2n) is 4.69. The van der Waals surface area contributed by atoms with Crippen molar-refractivity contribution in [2.75, 3.05) is 5.73 Å². The molecule has 0 aliphatic heterocycles. The predicted octanol–water partition coefficient (Wildman–Crippen LogP) is 3.66. The summed E-state index contributed by atoms with van der Waals surface area (Å²) in [5.74, 6) is 0. The largest absolute Gasteiger partial charge is 0.375 e. The van der Waals surface area contributed by atoms with Crippen LogP contribution in [0.5, 0.6) is 0 Å². The summed E-state index contributed by atoms with van der Waals surface area (Å²) >= 11 is 2.99. The van der Waals surface area contributed by atoms with Gasteiger partial charge < -0.3 is 5.73 Å². The summed E-state index contributed by atoms with van der Waals surface area (Å²) < 4.78 is 0. The van der Waals surface area contributed by atoms with E-state index in [-0.39, 0.29) is 5.69 Å². The summed E-state index contributed by atoms with van der Waals surface area (Å²) in [6, 6.07) is 6.54. The highest BCUT2D eigenvalue weighted by Gasteiger charge is 2.12. The molecule has 0 aliphatic carbocycles. The molecule has 0 unspecified atom stereocenters. The van der Waals surface area contributed by atoms with Crippen molar-refractivity contribution in [3.63, 3.8) is 0 Å². The van der Waals surface area contributed by atoms with E-state index in [0.29, 0.717) is 11.6 Å². The van der Waals surface area contributed by atoms with Gasteiger partial charge in [-0.05, 0) is 12.5 Å². The first-order valence-corrected chi connectivity index (χ1v) is 8.13. The van der Waals surface area contributed by atoms with Gasteiger partial charge in [0.2, 0.25) is 0 Å². The zero-order valence-corrected chi connectivity index (χ0v) is 13.3. The number of nitrogen functional groups attached to an aromatic ring is 1. The van der Waals surface area contributed by atoms with Gasteiger partial charge in [-0.2, -0.15) is 0 Å². The first-order chi connectivity index (χ1) is 10.5. The Kier molecular flexibility index (Phi) is 3.86. The van der Waals surface area contributed by atoms with Crippen molar-refractivity contribution in [3.05, 3.63) is 56.0 Å². The smallest absolute Gasteiger partial charge is 0.269 e. The number of rotatable bonds is 4. The van der Waals surface area contributed by atoms with Crippen molar-refractivity contribution in [2.24, 2.45) is 0 Å². The minimum Gasteiger partial charge on any atom is -0.375 e. The average molecular weight is 332 g/mol. The number of aromatic nitrogens is 2. The number of benzene rings is 1. The Balaban J connectivity index is 1.79. The highest BCUT2D eigenvalue weighted by atomic mass is 32.1. The van der Waals surface area contributed by atoms with Crippen LogP contribution in [-0.4, -0.2) is 14.9 Å². The minimum atomic E-state index is -0.401. The average Bonchev–Trinajstić information content (AvgIpc) is 3.06. The SMILES string of the molecule is Cc1nc(N)sc1-c1csc(Cc2ccc([N+](=O)[O-])cc2)n1. The molecule has 2 N–H and O–H groups in total. The van der Waals surface area contributed by atoms with Crippen molar-refractivity contribution < 1.29 is 4.92 Å². The zero-order chi connectivity index (χ0) is 15.7. The molecule has 0 amide bonds. The molecule has 0 bridgehead atoms. The fourth-order valence-electron chi connectivity index (χ4n) is 2.06. The molecule has 0 saturated carbocycles. The third-order valence-electron chi connectivity index (χ3n) is 3.10. The van der Waals surface area contributed by atoms with Crippen LogP contribution in [0.15, 0.2) is 29.6 Å². The van der Waals surface area contributed by atoms with Gasteiger partial charge in [0.05, 0.1) is 26.2 Å². The lowest BCUT2D eigenvalue weighted by Gasteiger charge is -1.97. The molecule has 8 heteroatoms. The quantitative estimate of drug-likeness (QED) is 0.581. The van der Waals surface area contributed by atoms with Crippen LogP contribution in [0.4, 0.5) is 10.8 Å². The predicted molar refractivity (Wildman–Crippen MR) is 88.3 cm³/mol. The van der Waals surface area contributed by atoms with E-state index in [9.17, 15) is 10.1 Å². The zero-order valence-electron chi connectivity index (χ0n) is 11.6. The van der Waals surface area contributed by atoms with Gasteiger partial charge >= 0.3 is 0 Å². The molecular weight excluding hydrogens is 320 g/mol. The lowest BCUT2D eigenvalue weighted by atomic mass is 10.1. The highest BCUT2D eigenvalue weighted by Crippen LogP contribution is 2.32. The Morgan fingerprint density at radius 2 is 2.00 bits per heavy atom. The van der Waals surface area contributed by atoms with Crippen molar-refractivity contribution in [3.8, 4) is 10.6 Å². The number of anilines is 1. The number of nitro benzene ring substituents is 1. The van der Waals surface area contributed by atoms with Crippen LogP contribution in [0.1, 0.15) is 16.3 Å². The maximum absolute atomic E-state index is 10.6. The number of hydrogen-bond acceptors (Lipinski definition) is 7. The van der Waals surface area contributed by atoms with Gasteiger partial charge in [-0.1, -0.05) is 23.5 Å². The second kappa shape index (κ2) is 5.82. The third-order valence-corrected chi connectivity index (χ3v) is 4.96. The number of thiazole rings is 2. The molecular formula is C14H12N4O2S2. The number of nitro groups is 1. The van der Waals surface area contributed by atoms with E-state index in [1.165, 1.54) is 23.5 Å². The lowest BCUT2D eigenvalue weighted by molar-refractivity contribution is -0.384.